The van der Waals surface area contributed by atoms with Gasteiger partial charge in [-0.1, -0.05) is 13.0 Å². The fourth-order valence-corrected chi connectivity index (χ4v) is 0.370. The van der Waals surface area contributed by atoms with Crippen molar-refractivity contribution in [3.8, 4) is 0 Å². The summed E-state index contributed by atoms with van der Waals surface area (Å²) in [5.74, 6) is 0. The van der Waals surface area contributed by atoms with Crippen LogP contribution in [0.1, 0.15) is 20.3 Å². The van der Waals surface area contributed by atoms with E-state index < -0.39 is 0 Å². The maximum Gasteiger partial charge on any atom is 0.145 e. The summed E-state index contributed by atoms with van der Waals surface area (Å²) in [6.45, 7) is 3.81. The van der Waals surface area contributed by atoms with E-state index in [2.05, 4.69) is 0 Å². The zero-order chi connectivity index (χ0) is 5.70. The molecule has 0 atom stereocenters. The van der Waals surface area contributed by atoms with Crippen molar-refractivity contribution in [1.29, 1.82) is 0 Å². The first kappa shape index (κ1) is 6.41. The van der Waals surface area contributed by atoms with Gasteiger partial charge in [0.25, 0.3) is 0 Å². The molecule has 0 amide bonds. The molecule has 7 heavy (non-hydrogen) atoms. The number of allylic oxidation sites excluding steroid dienone is 2. The Morgan fingerprint density at radius 2 is 2.29 bits per heavy atom. The molecule has 0 aromatic heterocycles. The third-order valence-electron chi connectivity index (χ3n) is 0.712. The first-order valence-electron chi connectivity index (χ1n) is 2.43. The van der Waals surface area contributed by atoms with Gasteiger partial charge in [0.1, 0.15) is 6.29 Å². The molecule has 0 rings (SSSR count). The van der Waals surface area contributed by atoms with Crippen molar-refractivity contribution in [1.82, 2.24) is 0 Å². The maximum atomic E-state index is 9.83. The normalized spacial score (nSPS) is 11.4. The largest absolute Gasteiger partial charge is 0.298 e. The molecular formula is C6H10O. The Bertz CT molecular complexity index is 82.2. The van der Waals surface area contributed by atoms with Crippen molar-refractivity contribution in [3.63, 3.8) is 0 Å². The summed E-state index contributed by atoms with van der Waals surface area (Å²) in [7, 11) is 0. The lowest BCUT2D eigenvalue weighted by atomic mass is 10.3. The Balaban J connectivity index is 3.49. The van der Waals surface area contributed by atoms with Crippen LogP contribution in [-0.4, -0.2) is 6.29 Å². The Morgan fingerprint density at radius 3 is 2.43 bits per heavy atom. The standard InChI is InChI=1S/C6H10O/c1-3-4-6(2)5-7/h4-5H,3H2,1-2H3. The van der Waals surface area contributed by atoms with Gasteiger partial charge >= 0.3 is 0 Å². The van der Waals surface area contributed by atoms with Gasteiger partial charge in [-0.2, -0.15) is 0 Å². The number of carbonyl (C=O) groups excluding carboxylic acids is 1. The van der Waals surface area contributed by atoms with Gasteiger partial charge in [0.05, 0.1) is 0 Å². The molecule has 1 nitrogen and oxygen atoms in total. The molecule has 0 heterocycles. The van der Waals surface area contributed by atoms with Crippen molar-refractivity contribution in [2.24, 2.45) is 0 Å². The van der Waals surface area contributed by atoms with E-state index >= 15 is 0 Å². The average molecular weight is 98.1 g/mol. The molecule has 0 bridgehead atoms. The van der Waals surface area contributed by atoms with E-state index in [9.17, 15) is 4.79 Å². The van der Waals surface area contributed by atoms with Crippen molar-refractivity contribution >= 4 is 6.29 Å². The first-order chi connectivity index (χ1) is 3.31. The summed E-state index contributed by atoms with van der Waals surface area (Å²) in [5.41, 5.74) is 0.822. The van der Waals surface area contributed by atoms with Crippen LogP contribution in [-0.2, 0) is 4.79 Å². The van der Waals surface area contributed by atoms with Gasteiger partial charge in [-0.3, -0.25) is 4.79 Å². The van der Waals surface area contributed by atoms with Gasteiger partial charge in [-0.15, -0.1) is 0 Å². The highest BCUT2D eigenvalue weighted by Gasteiger charge is 1.76. The second-order valence-electron chi connectivity index (χ2n) is 1.47. The third-order valence-corrected chi connectivity index (χ3v) is 0.712. The van der Waals surface area contributed by atoms with Crippen LogP contribution in [0, 0.1) is 0 Å². The predicted octanol–water partition coefficient (Wildman–Crippen LogP) is 1.54. The molecule has 0 saturated heterocycles. The van der Waals surface area contributed by atoms with Gasteiger partial charge in [-0.05, 0) is 18.9 Å². The number of hydrogen-bond acceptors (Lipinski definition) is 1. The summed E-state index contributed by atoms with van der Waals surface area (Å²) in [5, 5.41) is 0. The highest BCUT2D eigenvalue weighted by molar-refractivity contribution is 5.71. The number of rotatable bonds is 2. The van der Waals surface area contributed by atoms with Crippen LogP contribution in [0.2, 0.25) is 0 Å². The van der Waals surface area contributed by atoms with E-state index in [1.54, 1.807) is 6.92 Å². The molecule has 0 aliphatic heterocycles. The van der Waals surface area contributed by atoms with Crippen molar-refractivity contribution in [3.05, 3.63) is 11.6 Å². The lowest BCUT2D eigenvalue weighted by Crippen LogP contribution is -1.72. The molecule has 0 fully saturated rings. The SMILES string of the molecule is CCC=C(C)C=O. The van der Waals surface area contributed by atoms with Crippen LogP contribution >= 0.6 is 0 Å². The number of aldehydes is 1. The van der Waals surface area contributed by atoms with Crippen molar-refractivity contribution in [2.45, 2.75) is 20.3 Å². The third kappa shape index (κ3) is 3.23. The van der Waals surface area contributed by atoms with Gasteiger partial charge in [0.2, 0.25) is 0 Å². The summed E-state index contributed by atoms with van der Waals surface area (Å²) in [6.07, 6.45) is 3.71. The van der Waals surface area contributed by atoms with E-state index in [0.29, 0.717) is 0 Å². The average Bonchev–Trinajstić information content (AvgIpc) is 1.68. The fourth-order valence-electron chi connectivity index (χ4n) is 0.370. The topological polar surface area (TPSA) is 17.1 Å². The quantitative estimate of drug-likeness (QED) is 0.378. The van der Waals surface area contributed by atoms with E-state index in [0.717, 1.165) is 18.3 Å². The van der Waals surface area contributed by atoms with E-state index in [1.165, 1.54) is 0 Å². The summed E-state index contributed by atoms with van der Waals surface area (Å²) in [4.78, 5) is 9.83. The lowest BCUT2D eigenvalue weighted by molar-refractivity contribution is -0.104. The van der Waals surface area contributed by atoms with E-state index in [1.807, 2.05) is 13.0 Å². The Labute approximate surface area is 44.0 Å². The molecule has 0 aromatic carbocycles. The van der Waals surface area contributed by atoms with Gasteiger partial charge in [-0.25, -0.2) is 0 Å². The second-order valence-corrected chi connectivity index (χ2v) is 1.47. The highest BCUT2D eigenvalue weighted by Crippen LogP contribution is 1.87. The highest BCUT2D eigenvalue weighted by atomic mass is 16.1. The molecule has 0 N–H and O–H groups in total. The predicted molar refractivity (Wildman–Crippen MR) is 30.1 cm³/mol. The van der Waals surface area contributed by atoms with Crippen molar-refractivity contribution in [2.75, 3.05) is 0 Å². The molecular weight excluding hydrogens is 88.1 g/mol. The van der Waals surface area contributed by atoms with Crippen LogP contribution in [0.15, 0.2) is 11.6 Å². The zero-order valence-corrected chi connectivity index (χ0v) is 4.77. The fraction of sp³-hybridized carbons (Fsp3) is 0.500. The Kier molecular flexibility index (Phi) is 3.29. The van der Waals surface area contributed by atoms with Gasteiger partial charge in [0, 0.05) is 0 Å². The minimum Gasteiger partial charge on any atom is -0.298 e. The van der Waals surface area contributed by atoms with Crippen LogP contribution < -0.4 is 0 Å². The molecule has 40 valence electrons. The molecule has 1 heteroatoms. The minimum atomic E-state index is 0.822. The van der Waals surface area contributed by atoms with Gasteiger partial charge < -0.3 is 0 Å². The molecule has 0 radical (unpaired) electrons. The molecule has 0 aliphatic carbocycles. The first-order valence-corrected chi connectivity index (χ1v) is 2.43. The number of hydrogen-bond donors (Lipinski definition) is 0. The molecule has 0 saturated carbocycles. The number of carbonyl (C=O) groups is 1. The summed E-state index contributed by atoms with van der Waals surface area (Å²) in [6, 6.07) is 0. The summed E-state index contributed by atoms with van der Waals surface area (Å²) < 4.78 is 0. The minimum absolute atomic E-state index is 0.822. The maximum absolute atomic E-state index is 9.83. The van der Waals surface area contributed by atoms with Crippen LogP contribution in [0.5, 0.6) is 0 Å². The van der Waals surface area contributed by atoms with E-state index in [4.69, 9.17) is 0 Å². The van der Waals surface area contributed by atoms with Gasteiger partial charge in [0.15, 0.2) is 0 Å². The van der Waals surface area contributed by atoms with Crippen LogP contribution in [0.4, 0.5) is 0 Å². The smallest absolute Gasteiger partial charge is 0.145 e. The molecule has 0 aromatic rings. The molecule has 0 aliphatic rings. The van der Waals surface area contributed by atoms with Crippen LogP contribution in [0.25, 0.3) is 0 Å². The Morgan fingerprint density at radius 1 is 1.71 bits per heavy atom. The Hall–Kier alpha value is -0.590. The summed E-state index contributed by atoms with van der Waals surface area (Å²) >= 11 is 0. The second kappa shape index (κ2) is 3.59. The molecule has 0 unspecified atom stereocenters. The lowest BCUT2D eigenvalue weighted by Gasteiger charge is -1.79. The van der Waals surface area contributed by atoms with E-state index in [-0.39, 0.29) is 0 Å². The zero-order valence-electron chi connectivity index (χ0n) is 4.77. The molecule has 0 spiro atoms. The van der Waals surface area contributed by atoms with Crippen molar-refractivity contribution < 1.29 is 4.79 Å². The van der Waals surface area contributed by atoms with Crippen LogP contribution in [0.3, 0.4) is 0 Å². The monoisotopic (exact) mass is 98.1 g/mol.